The normalized spacial score (nSPS) is 19.3. The third kappa shape index (κ3) is 4.75. The van der Waals surface area contributed by atoms with E-state index in [0.29, 0.717) is 11.8 Å². The van der Waals surface area contributed by atoms with E-state index < -0.39 is 0 Å². The number of piperidine rings is 1. The quantitative estimate of drug-likeness (QED) is 0.788. The second kappa shape index (κ2) is 8.55. The molecule has 0 atom stereocenters. The SMILES string of the molecule is CN(Cc1ccc(N2CCCCC2)cc1)C(=O)CC1CCCCC1. The van der Waals surface area contributed by atoms with Crippen LogP contribution in [0.4, 0.5) is 5.69 Å². The molecule has 0 unspecified atom stereocenters. The van der Waals surface area contributed by atoms with Crippen LogP contribution in [0.1, 0.15) is 63.4 Å². The lowest BCUT2D eigenvalue weighted by atomic mass is 9.86. The smallest absolute Gasteiger partial charge is 0.222 e. The summed E-state index contributed by atoms with van der Waals surface area (Å²) in [6, 6.07) is 8.82. The minimum absolute atomic E-state index is 0.307. The molecule has 1 saturated heterocycles. The molecule has 24 heavy (non-hydrogen) atoms. The van der Waals surface area contributed by atoms with Crippen LogP contribution in [0, 0.1) is 5.92 Å². The van der Waals surface area contributed by atoms with Crippen molar-refractivity contribution < 1.29 is 4.79 Å². The zero-order valence-corrected chi connectivity index (χ0v) is 15.2. The lowest BCUT2D eigenvalue weighted by molar-refractivity contribution is -0.131. The van der Waals surface area contributed by atoms with Gasteiger partial charge in [-0.25, -0.2) is 0 Å². The van der Waals surface area contributed by atoms with E-state index in [1.807, 2.05) is 11.9 Å². The van der Waals surface area contributed by atoms with E-state index in [1.54, 1.807) is 0 Å². The van der Waals surface area contributed by atoms with Crippen molar-refractivity contribution in [1.82, 2.24) is 4.90 Å². The molecule has 0 spiro atoms. The second-order valence-corrected chi connectivity index (χ2v) is 7.67. The summed E-state index contributed by atoms with van der Waals surface area (Å²) < 4.78 is 0. The molecule has 1 aromatic rings. The first kappa shape index (κ1) is 17.3. The first-order valence-corrected chi connectivity index (χ1v) is 9.80. The van der Waals surface area contributed by atoms with Crippen molar-refractivity contribution in [3.05, 3.63) is 29.8 Å². The molecule has 1 amide bonds. The van der Waals surface area contributed by atoms with Gasteiger partial charge in [0.1, 0.15) is 0 Å². The molecule has 3 rings (SSSR count). The minimum atomic E-state index is 0.307. The third-order valence-corrected chi connectivity index (χ3v) is 5.69. The first-order valence-electron chi connectivity index (χ1n) is 9.80. The number of nitrogens with zero attached hydrogens (tertiary/aromatic N) is 2. The van der Waals surface area contributed by atoms with Crippen LogP contribution < -0.4 is 4.90 Å². The molecule has 0 aromatic heterocycles. The fourth-order valence-electron chi connectivity index (χ4n) is 4.12. The van der Waals surface area contributed by atoms with Crippen LogP contribution in [-0.4, -0.2) is 30.9 Å². The monoisotopic (exact) mass is 328 g/mol. The Bertz CT molecular complexity index is 513. The van der Waals surface area contributed by atoms with Crippen molar-refractivity contribution in [3.8, 4) is 0 Å². The van der Waals surface area contributed by atoms with E-state index in [2.05, 4.69) is 29.2 Å². The second-order valence-electron chi connectivity index (χ2n) is 7.67. The van der Waals surface area contributed by atoms with Crippen molar-refractivity contribution in [3.63, 3.8) is 0 Å². The molecule has 1 aliphatic carbocycles. The van der Waals surface area contributed by atoms with Crippen LogP contribution in [-0.2, 0) is 11.3 Å². The van der Waals surface area contributed by atoms with Gasteiger partial charge < -0.3 is 9.80 Å². The van der Waals surface area contributed by atoms with Crippen molar-refractivity contribution in [1.29, 1.82) is 0 Å². The molecule has 1 heterocycles. The van der Waals surface area contributed by atoms with Crippen LogP contribution in [0.5, 0.6) is 0 Å². The van der Waals surface area contributed by atoms with Gasteiger partial charge in [0.25, 0.3) is 0 Å². The van der Waals surface area contributed by atoms with Gasteiger partial charge in [-0.1, -0.05) is 31.4 Å². The molecule has 1 saturated carbocycles. The number of rotatable bonds is 5. The first-order chi connectivity index (χ1) is 11.7. The maximum atomic E-state index is 12.4. The molecule has 3 nitrogen and oxygen atoms in total. The van der Waals surface area contributed by atoms with Gasteiger partial charge in [0.2, 0.25) is 5.91 Å². The van der Waals surface area contributed by atoms with Crippen molar-refractivity contribution in [2.45, 2.75) is 64.3 Å². The highest BCUT2D eigenvalue weighted by molar-refractivity contribution is 5.76. The number of hydrogen-bond acceptors (Lipinski definition) is 2. The average molecular weight is 329 g/mol. The van der Waals surface area contributed by atoms with Gasteiger partial charge in [-0.3, -0.25) is 4.79 Å². The van der Waals surface area contributed by atoms with E-state index in [1.165, 1.54) is 75.7 Å². The third-order valence-electron chi connectivity index (χ3n) is 5.69. The Morgan fingerprint density at radius 1 is 1.00 bits per heavy atom. The number of anilines is 1. The lowest BCUT2D eigenvalue weighted by Crippen LogP contribution is -2.29. The summed E-state index contributed by atoms with van der Waals surface area (Å²) in [6.07, 6.45) is 11.2. The Hall–Kier alpha value is -1.51. The molecule has 0 N–H and O–H groups in total. The predicted molar refractivity (Wildman–Crippen MR) is 100 cm³/mol. The summed E-state index contributed by atoms with van der Waals surface area (Å²) in [5.74, 6) is 0.928. The van der Waals surface area contributed by atoms with Gasteiger partial charge in [-0.2, -0.15) is 0 Å². The van der Waals surface area contributed by atoms with Gasteiger partial charge in [-0.05, 0) is 55.7 Å². The van der Waals surface area contributed by atoms with Crippen molar-refractivity contribution in [2.75, 3.05) is 25.0 Å². The molecule has 3 heteroatoms. The largest absolute Gasteiger partial charge is 0.372 e. The maximum absolute atomic E-state index is 12.4. The Balaban J connectivity index is 1.49. The standard InChI is InChI=1S/C21H32N2O/c1-22(21(24)16-18-8-4-2-5-9-18)17-19-10-12-20(13-11-19)23-14-6-3-7-15-23/h10-13,18H,2-9,14-17H2,1H3. The van der Waals surface area contributed by atoms with E-state index >= 15 is 0 Å². The van der Waals surface area contributed by atoms with E-state index in [0.717, 1.165) is 13.0 Å². The molecule has 1 aromatic carbocycles. The Labute approximate surface area is 147 Å². The number of carbonyl (C=O) groups is 1. The summed E-state index contributed by atoms with van der Waals surface area (Å²) in [6.45, 7) is 3.09. The number of amides is 1. The molecule has 132 valence electrons. The molecular weight excluding hydrogens is 296 g/mol. The van der Waals surface area contributed by atoms with E-state index in [-0.39, 0.29) is 0 Å². The zero-order valence-electron chi connectivity index (χ0n) is 15.2. The van der Waals surface area contributed by atoms with Crippen LogP contribution in [0.3, 0.4) is 0 Å². The summed E-state index contributed by atoms with van der Waals surface area (Å²) >= 11 is 0. The van der Waals surface area contributed by atoms with E-state index in [9.17, 15) is 4.79 Å². The fourth-order valence-corrected chi connectivity index (χ4v) is 4.12. The summed E-state index contributed by atoms with van der Waals surface area (Å²) in [4.78, 5) is 16.8. The Morgan fingerprint density at radius 3 is 2.29 bits per heavy atom. The van der Waals surface area contributed by atoms with Gasteiger partial charge in [0, 0.05) is 38.8 Å². The number of hydrogen-bond donors (Lipinski definition) is 0. The molecule has 0 radical (unpaired) electrons. The Kier molecular flexibility index (Phi) is 6.17. The van der Waals surface area contributed by atoms with Crippen LogP contribution in [0.15, 0.2) is 24.3 Å². The lowest BCUT2D eigenvalue weighted by Gasteiger charge is -2.29. The van der Waals surface area contributed by atoms with Crippen molar-refractivity contribution >= 4 is 11.6 Å². The molecular formula is C21H32N2O. The highest BCUT2D eigenvalue weighted by Gasteiger charge is 2.19. The summed E-state index contributed by atoms with van der Waals surface area (Å²) in [5, 5.41) is 0. The topological polar surface area (TPSA) is 23.6 Å². The molecule has 2 fully saturated rings. The average Bonchev–Trinajstić information content (AvgIpc) is 2.64. The summed E-state index contributed by atoms with van der Waals surface area (Å²) in [5.41, 5.74) is 2.56. The number of carbonyl (C=O) groups excluding carboxylic acids is 1. The maximum Gasteiger partial charge on any atom is 0.222 e. The van der Waals surface area contributed by atoms with Crippen LogP contribution in [0.25, 0.3) is 0 Å². The van der Waals surface area contributed by atoms with Gasteiger partial charge in [-0.15, -0.1) is 0 Å². The van der Waals surface area contributed by atoms with E-state index in [4.69, 9.17) is 0 Å². The zero-order chi connectivity index (χ0) is 16.8. The minimum Gasteiger partial charge on any atom is -0.372 e. The number of benzene rings is 1. The molecule has 0 bridgehead atoms. The predicted octanol–water partition coefficient (Wildman–Crippen LogP) is 4.61. The molecule has 2 aliphatic rings. The highest BCUT2D eigenvalue weighted by atomic mass is 16.2. The van der Waals surface area contributed by atoms with Crippen molar-refractivity contribution in [2.24, 2.45) is 5.92 Å². The van der Waals surface area contributed by atoms with Gasteiger partial charge in [0.15, 0.2) is 0 Å². The molecule has 1 aliphatic heterocycles. The summed E-state index contributed by atoms with van der Waals surface area (Å²) in [7, 11) is 1.95. The van der Waals surface area contributed by atoms with Crippen LogP contribution >= 0.6 is 0 Å². The van der Waals surface area contributed by atoms with Gasteiger partial charge in [0.05, 0.1) is 0 Å². The highest BCUT2D eigenvalue weighted by Crippen LogP contribution is 2.27. The van der Waals surface area contributed by atoms with Crippen LogP contribution in [0.2, 0.25) is 0 Å². The fraction of sp³-hybridized carbons (Fsp3) is 0.667. The van der Waals surface area contributed by atoms with Gasteiger partial charge >= 0.3 is 0 Å². The Morgan fingerprint density at radius 2 is 1.62 bits per heavy atom.